The molecule has 168 valence electrons. The number of hydrogen-bond acceptors (Lipinski definition) is 5. The standard InChI is InChI=1S/C20H22F3N3O4S/c1-12-8-26-17(18(7-24-26)31(28,29)11-13-2-3-30-10-13)9-25(12)19(27)6-14-4-15(21)20(23)16(22)5-14/h4-5,7,12-13H,2-3,6,8-11H2,1H3/t12-,13+/m0/s1. The van der Waals surface area contributed by atoms with Gasteiger partial charge in [0.15, 0.2) is 27.3 Å². The number of carbonyl (C=O) groups is 1. The number of fused-ring (bicyclic) bond motifs is 1. The first-order valence-electron chi connectivity index (χ1n) is 9.93. The van der Waals surface area contributed by atoms with Crippen LogP contribution in [0.25, 0.3) is 0 Å². The topological polar surface area (TPSA) is 81.5 Å². The minimum atomic E-state index is -3.63. The lowest BCUT2D eigenvalue weighted by Gasteiger charge is -2.34. The smallest absolute Gasteiger partial charge is 0.227 e. The Kier molecular flexibility index (Phi) is 5.82. The predicted octanol–water partition coefficient (Wildman–Crippen LogP) is 2.08. The molecule has 0 aliphatic carbocycles. The van der Waals surface area contributed by atoms with E-state index in [1.54, 1.807) is 11.6 Å². The first kappa shape index (κ1) is 21.8. The van der Waals surface area contributed by atoms with Crippen LogP contribution in [-0.2, 0) is 38.9 Å². The monoisotopic (exact) mass is 457 g/mol. The summed E-state index contributed by atoms with van der Waals surface area (Å²) in [6, 6.07) is 1.26. The van der Waals surface area contributed by atoms with Crippen LogP contribution in [0.3, 0.4) is 0 Å². The van der Waals surface area contributed by atoms with E-state index in [9.17, 15) is 26.4 Å². The number of nitrogens with zero attached hydrogens (tertiary/aromatic N) is 3. The number of ether oxygens (including phenoxy) is 1. The molecule has 1 saturated heterocycles. The molecular weight excluding hydrogens is 435 g/mol. The maximum absolute atomic E-state index is 13.5. The van der Waals surface area contributed by atoms with Crippen LogP contribution in [-0.4, -0.2) is 54.0 Å². The molecule has 0 N–H and O–H groups in total. The summed E-state index contributed by atoms with van der Waals surface area (Å²) in [5, 5.41) is 4.19. The molecule has 1 aromatic heterocycles. The second-order valence-corrected chi connectivity index (χ2v) is 10.1. The van der Waals surface area contributed by atoms with Gasteiger partial charge in [-0.3, -0.25) is 9.48 Å². The fourth-order valence-corrected chi connectivity index (χ4v) is 5.87. The molecule has 3 heterocycles. The summed E-state index contributed by atoms with van der Waals surface area (Å²) in [6.07, 6.45) is 1.65. The van der Waals surface area contributed by atoms with Crippen LogP contribution in [0.1, 0.15) is 24.6 Å². The average molecular weight is 457 g/mol. The zero-order valence-corrected chi connectivity index (χ0v) is 17.7. The van der Waals surface area contributed by atoms with Crippen LogP contribution in [0.4, 0.5) is 13.2 Å². The highest BCUT2D eigenvalue weighted by Crippen LogP contribution is 2.28. The molecule has 7 nitrogen and oxygen atoms in total. The fraction of sp³-hybridized carbons (Fsp3) is 0.500. The van der Waals surface area contributed by atoms with E-state index in [0.717, 1.165) is 12.1 Å². The van der Waals surface area contributed by atoms with Crippen LogP contribution < -0.4 is 0 Å². The summed E-state index contributed by atoms with van der Waals surface area (Å²) in [4.78, 5) is 14.4. The van der Waals surface area contributed by atoms with Crippen molar-refractivity contribution in [2.45, 2.75) is 43.8 Å². The van der Waals surface area contributed by atoms with Gasteiger partial charge in [-0.25, -0.2) is 21.6 Å². The van der Waals surface area contributed by atoms with Gasteiger partial charge in [0.05, 0.1) is 43.8 Å². The third-order valence-electron chi connectivity index (χ3n) is 5.73. The van der Waals surface area contributed by atoms with Gasteiger partial charge in [-0.15, -0.1) is 0 Å². The molecule has 0 radical (unpaired) electrons. The second-order valence-electron chi connectivity index (χ2n) is 8.07. The molecule has 2 aliphatic rings. The van der Waals surface area contributed by atoms with E-state index in [0.29, 0.717) is 25.3 Å². The fourth-order valence-electron chi connectivity index (χ4n) is 4.07. The lowest BCUT2D eigenvalue weighted by molar-refractivity contribution is -0.134. The Bertz CT molecular complexity index is 1090. The highest BCUT2D eigenvalue weighted by molar-refractivity contribution is 7.91. The molecule has 1 amide bonds. The summed E-state index contributed by atoms with van der Waals surface area (Å²) in [5.41, 5.74) is 0.406. The van der Waals surface area contributed by atoms with E-state index in [2.05, 4.69) is 5.10 Å². The number of halogens is 3. The number of benzene rings is 1. The van der Waals surface area contributed by atoms with Gasteiger partial charge in [0, 0.05) is 12.6 Å². The number of sulfone groups is 1. The Labute approximate surface area is 177 Å². The molecule has 1 aromatic carbocycles. The minimum Gasteiger partial charge on any atom is -0.381 e. The Morgan fingerprint density at radius 3 is 2.61 bits per heavy atom. The highest BCUT2D eigenvalue weighted by Gasteiger charge is 2.34. The van der Waals surface area contributed by atoms with Crippen molar-refractivity contribution in [3.63, 3.8) is 0 Å². The van der Waals surface area contributed by atoms with Crippen molar-refractivity contribution in [2.75, 3.05) is 19.0 Å². The number of hydrogen-bond donors (Lipinski definition) is 0. The third kappa shape index (κ3) is 4.33. The highest BCUT2D eigenvalue weighted by atomic mass is 32.2. The Morgan fingerprint density at radius 1 is 1.26 bits per heavy atom. The normalized spacial score (nSPS) is 21.4. The van der Waals surface area contributed by atoms with Gasteiger partial charge >= 0.3 is 0 Å². The van der Waals surface area contributed by atoms with Crippen molar-refractivity contribution < 1.29 is 31.1 Å². The van der Waals surface area contributed by atoms with E-state index in [-0.39, 0.29) is 47.7 Å². The summed E-state index contributed by atoms with van der Waals surface area (Å²) in [5.74, 6) is -4.90. The quantitative estimate of drug-likeness (QED) is 0.643. The lowest BCUT2D eigenvalue weighted by Crippen LogP contribution is -2.46. The van der Waals surface area contributed by atoms with Gasteiger partial charge < -0.3 is 9.64 Å². The molecule has 0 unspecified atom stereocenters. The maximum Gasteiger partial charge on any atom is 0.227 e. The van der Waals surface area contributed by atoms with E-state index in [4.69, 9.17) is 4.74 Å². The van der Waals surface area contributed by atoms with E-state index >= 15 is 0 Å². The number of carbonyl (C=O) groups excluding carboxylic acids is 1. The predicted molar refractivity (Wildman–Crippen MR) is 103 cm³/mol. The van der Waals surface area contributed by atoms with Crippen LogP contribution in [0.15, 0.2) is 23.2 Å². The summed E-state index contributed by atoms with van der Waals surface area (Å²) in [7, 11) is -3.63. The zero-order chi connectivity index (χ0) is 22.3. The minimum absolute atomic E-state index is 0.00163. The molecule has 0 spiro atoms. The van der Waals surface area contributed by atoms with Crippen molar-refractivity contribution >= 4 is 15.7 Å². The Balaban J connectivity index is 1.55. The molecule has 2 atom stereocenters. The lowest BCUT2D eigenvalue weighted by atomic mass is 10.1. The van der Waals surface area contributed by atoms with Gasteiger partial charge in [-0.05, 0) is 37.0 Å². The summed E-state index contributed by atoms with van der Waals surface area (Å²) >= 11 is 0. The Morgan fingerprint density at radius 2 is 1.97 bits per heavy atom. The molecule has 4 rings (SSSR count). The van der Waals surface area contributed by atoms with Crippen molar-refractivity contribution in [2.24, 2.45) is 5.92 Å². The average Bonchev–Trinajstić information content (AvgIpc) is 3.34. The van der Waals surface area contributed by atoms with Crippen LogP contribution in [0, 0.1) is 23.4 Å². The van der Waals surface area contributed by atoms with Crippen LogP contribution in [0.5, 0.6) is 0 Å². The third-order valence-corrected chi connectivity index (χ3v) is 7.65. The van der Waals surface area contributed by atoms with E-state index < -0.39 is 33.2 Å². The van der Waals surface area contributed by atoms with Gasteiger partial charge in [0.25, 0.3) is 0 Å². The summed E-state index contributed by atoms with van der Waals surface area (Å²) < 4.78 is 72.9. The van der Waals surface area contributed by atoms with Gasteiger partial charge in [-0.1, -0.05) is 0 Å². The molecule has 2 aromatic rings. The Hall–Kier alpha value is -2.40. The zero-order valence-electron chi connectivity index (χ0n) is 16.9. The molecular formula is C20H22F3N3O4S. The van der Waals surface area contributed by atoms with E-state index in [1.807, 2.05) is 0 Å². The van der Waals surface area contributed by atoms with Crippen molar-refractivity contribution in [3.8, 4) is 0 Å². The van der Waals surface area contributed by atoms with Gasteiger partial charge in [0.2, 0.25) is 5.91 Å². The molecule has 1 fully saturated rings. The second kappa shape index (κ2) is 8.27. The SMILES string of the molecule is C[C@H]1Cn2ncc(S(=O)(=O)C[C@@H]3CCOC3)c2CN1C(=O)Cc1cc(F)c(F)c(F)c1. The molecule has 0 saturated carbocycles. The molecule has 0 bridgehead atoms. The maximum atomic E-state index is 13.5. The number of rotatable bonds is 5. The molecule has 11 heteroatoms. The van der Waals surface area contributed by atoms with Crippen LogP contribution in [0.2, 0.25) is 0 Å². The van der Waals surface area contributed by atoms with Crippen molar-refractivity contribution in [1.82, 2.24) is 14.7 Å². The van der Waals surface area contributed by atoms with Gasteiger partial charge in [0.1, 0.15) is 4.90 Å². The first-order valence-corrected chi connectivity index (χ1v) is 11.6. The number of amides is 1. The first-order chi connectivity index (χ1) is 14.7. The van der Waals surface area contributed by atoms with Crippen LogP contribution >= 0.6 is 0 Å². The molecule has 2 aliphatic heterocycles. The molecule has 31 heavy (non-hydrogen) atoms. The van der Waals surface area contributed by atoms with Crippen molar-refractivity contribution in [1.29, 1.82) is 0 Å². The summed E-state index contributed by atoms with van der Waals surface area (Å²) in [6.45, 7) is 3.00. The largest absolute Gasteiger partial charge is 0.381 e. The number of aromatic nitrogens is 2. The van der Waals surface area contributed by atoms with Crippen molar-refractivity contribution in [3.05, 3.63) is 47.0 Å². The van der Waals surface area contributed by atoms with Gasteiger partial charge in [-0.2, -0.15) is 5.10 Å². The van der Waals surface area contributed by atoms with E-state index in [1.165, 1.54) is 11.1 Å².